The Morgan fingerprint density at radius 2 is 2.06 bits per heavy atom. The lowest BCUT2D eigenvalue weighted by Gasteiger charge is -2.38. The summed E-state index contributed by atoms with van der Waals surface area (Å²) in [5.74, 6) is 0.223. The Hall–Kier alpha value is -2.43. The van der Waals surface area contributed by atoms with Gasteiger partial charge in [0.25, 0.3) is 0 Å². The van der Waals surface area contributed by atoms with E-state index in [0.717, 1.165) is 50.9 Å². The number of rotatable bonds is 11. The number of likely N-dealkylation sites (N-methyl/N-ethyl adjacent to an activating group) is 1. The lowest BCUT2D eigenvalue weighted by atomic mass is 9.88. The summed E-state index contributed by atoms with van der Waals surface area (Å²) in [7, 11) is 3.20. The molecular weight excluding hydrogens is 467 g/mol. The van der Waals surface area contributed by atoms with Gasteiger partial charge in [0.2, 0.25) is 0 Å². The van der Waals surface area contributed by atoms with Crippen molar-refractivity contribution in [2.24, 2.45) is 11.8 Å². The van der Waals surface area contributed by atoms with Gasteiger partial charge in [0.15, 0.2) is 0 Å². The Morgan fingerprint density at radius 3 is 2.78 bits per heavy atom. The SMILES string of the molecule is CNC[C@H](CC1CCOCC1)NC(=O)N1CCC[C@@H]([C@@H](OCCNC(=O)OC)c2cccc(F)c2)C1. The predicted molar refractivity (Wildman–Crippen MR) is 134 cm³/mol. The largest absolute Gasteiger partial charge is 0.453 e. The van der Waals surface area contributed by atoms with Gasteiger partial charge in [0.1, 0.15) is 5.82 Å². The number of hydrogen-bond donors (Lipinski definition) is 3. The minimum absolute atomic E-state index is 0.00247. The molecule has 2 saturated heterocycles. The van der Waals surface area contributed by atoms with Gasteiger partial charge in [-0.15, -0.1) is 0 Å². The molecule has 3 atom stereocenters. The van der Waals surface area contributed by atoms with Crippen LogP contribution in [0.2, 0.25) is 0 Å². The molecule has 0 saturated carbocycles. The first-order valence-electron chi connectivity index (χ1n) is 13.0. The maximum Gasteiger partial charge on any atom is 0.406 e. The molecule has 2 aliphatic heterocycles. The van der Waals surface area contributed by atoms with Crippen LogP contribution in [-0.4, -0.2) is 83.2 Å². The van der Waals surface area contributed by atoms with Crippen LogP contribution in [0.25, 0.3) is 0 Å². The lowest BCUT2D eigenvalue weighted by Crippen LogP contribution is -2.52. The molecule has 3 N–H and O–H groups in total. The van der Waals surface area contributed by atoms with Crippen molar-refractivity contribution in [1.82, 2.24) is 20.9 Å². The van der Waals surface area contributed by atoms with Gasteiger partial charge in [-0.05, 0) is 62.8 Å². The van der Waals surface area contributed by atoms with Crippen LogP contribution in [0.5, 0.6) is 0 Å². The molecule has 3 amide bonds. The number of urea groups is 1. The highest BCUT2D eigenvalue weighted by molar-refractivity contribution is 5.74. The molecule has 0 aromatic heterocycles. The summed E-state index contributed by atoms with van der Waals surface area (Å²) in [6, 6.07) is 6.37. The number of nitrogens with one attached hydrogen (secondary N) is 3. The molecule has 36 heavy (non-hydrogen) atoms. The van der Waals surface area contributed by atoms with Crippen molar-refractivity contribution < 1.29 is 28.2 Å². The van der Waals surface area contributed by atoms with Gasteiger partial charge in [-0.1, -0.05) is 12.1 Å². The van der Waals surface area contributed by atoms with Crippen LogP contribution in [0, 0.1) is 17.7 Å². The number of halogens is 1. The fourth-order valence-corrected chi connectivity index (χ4v) is 5.13. The third-order valence-corrected chi connectivity index (χ3v) is 6.94. The second kappa shape index (κ2) is 15.0. The third kappa shape index (κ3) is 8.90. The average Bonchev–Trinajstić information content (AvgIpc) is 2.89. The molecule has 0 unspecified atom stereocenters. The topological polar surface area (TPSA) is 101 Å². The van der Waals surface area contributed by atoms with Crippen LogP contribution in [0.15, 0.2) is 24.3 Å². The predicted octanol–water partition coefficient (Wildman–Crippen LogP) is 3.07. The van der Waals surface area contributed by atoms with Gasteiger partial charge >= 0.3 is 12.1 Å². The van der Waals surface area contributed by atoms with Crippen LogP contribution in [0.3, 0.4) is 0 Å². The Kier molecular flexibility index (Phi) is 11.7. The standard InChI is InChI=1S/C26H41FN4O5/c1-28-17-23(15-19-8-12-35-13-9-19)30-25(32)31-11-4-6-21(18-31)24(20-5-3-7-22(27)16-20)36-14-10-29-26(33)34-2/h3,5,7,16,19,21,23-24,28H,4,6,8-15,17-18H2,1-2H3,(H,29,33)(H,30,32)/t21-,23+,24+/m1/s1. The molecule has 10 heteroatoms. The van der Waals surface area contributed by atoms with Crippen LogP contribution in [0.1, 0.15) is 43.8 Å². The highest BCUT2D eigenvalue weighted by Crippen LogP contribution is 2.33. The quantitative estimate of drug-likeness (QED) is 0.397. The highest BCUT2D eigenvalue weighted by Gasteiger charge is 2.32. The molecule has 2 heterocycles. The third-order valence-electron chi connectivity index (χ3n) is 6.94. The van der Waals surface area contributed by atoms with Crippen molar-refractivity contribution in [3.63, 3.8) is 0 Å². The molecule has 0 radical (unpaired) electrons. The molecule has 0 spiro atoms. The van der Waals surface area contributed by atoms with E-state index < -0.39 is 12.2 Å². The number of carbonyl (C=O) groups is 2. The minimum atomic E-state index is -0.529. The van der Waals surface area contributed by atoms with Gasteiger partial charge in [-0.3, -0.25) is 0 Å². The van der Waals surface area contributed by atoms with E-state index >= 15 is 0 Å². The lowest BCUT2D eigenvalue weighted by molar-refractivity contribution is -0.00884. The molecular formula is C26H41FN4O5. The van der Waals surface area contributed by atoms with E-state index in [1.54, 1.807) is 6.07 Å². The number of methoxy groups -OCH3 is 1. The van der Waals surface area contributed by atoms with E-state index in [2.05, 4.69) is 20.7 Å². The van der Waals surface area contributed by atoms with Crippen molar-refractivity contribution in [3.05, 3.63) is 35.6 Å². The van der Waals surface area contributed by atoms with E-state index in [1.165, 1.54) is 19.2 Å². The van der Waals surface area contributed by atoms with Crippen molar-refractivity contribution in [2.75, 3.05) is 60.2 Å². The molecule has 2 fully saturated rings. The number of likely N-dealkylation sites (tertiary alicyclic amines) is 1. The second-order valence-corrected chi connectivity index (χ2v) is 9.61. The number of nitrogens with zero attached hydrogens (tertiary/aromatic N) is 1. The fraction of sp³-hybridized carbons (Fsp3) is 0.692. The Balaban J connectivity index is 1.62. The Labute approximate surface area is 213 Å². The van der Waals surface area contributed by atoms with E-state index in [-0.39, 0.29) is 37.0 Å². The van der Waals surface area contributed by atoms with E-state index in [9.17, 15) is 14.0 Å². The average molecular weight is 509 g/mol. The van der Waals surface area contributed by atoms with Gasteiger partial charge in [0.05, 0.1) is 19.8 Å². The first-order valence-corrected chi connectivity index (χ1v) is 13.0. The monoisotopic (exact) mass is 508 g/mol. The maximum atomic E-state index is 14.0. The minimum Gasteiger partial charge on any atom is -0.453 e. The summed E-state index contributed by atoms with van der Waals surface area (Å²) in [6.45, 7) is 3.99. The summed E-state index contributed by atoms with van der Waals surface area (Å²) in [5, 5.41) is 9.04. The summed E-state index contributed by atoms with van der Waals surface area (Å²) >= 11 is 0. The van der Waals surface area contributed by atoms with Crippen molar-refractivity contribution in [2.45, 2.75) is 44.2 Å². The Bertz CT molecular complexity index is 823. The number of hydrogen-bond acceptors (Lipinski definition) is 6. The normalized spacial score (nSPS) is 20.4. The molecule has 2 aliphatic rings. The zero-order chi connectivity index (χ0) is 25.8. The zero-order valence-corrected chi connectivity index (χ0v) is 21.5. The summed E-state index contributed by atoms with van der Waals surface area (Å²) < 4.78 is 30.2. The molecule has 9 nitrogen and oxygen atoms in total. The summed E-state index contributed by atoms with van der Waals surface area (Å²) in [4.78, 5) is 26.5. The first-order chi connectivity index (χ1) is 17.5. The molecule has 3 rings (SSSR count). The highest BCUT2D eigenvalue weighted by atomic mass is 19.1. The van der Waals surface area contributed by atoms with Crippen molar-refractivity contribution >= 4 is 12.1 Å². The van der Waals surface area contributed by atoms with Crippen molar-refractivity contribution in [1.29, 1.82) is 0 Å². The summed E-state index contributed by atoms with van der Waals surface area (Å²) in [6.07, 6.45) is 3.75. The van der Waals surface area contributed by atoms with Crippen LogP contribution >= 0.6 is 0 Å². The van der Waals surface area contributed by atoms with E-state index in [4.69, 9.17) is 9.47 Å². The molecule has 1 aromatic rings. The fourth-order valence-electron chi connectivity index (χ4n) is 5.13. The van der Waals surface area contributed by atoms with Gasteiger partial charge in [-0.2, -0.15) is 0 Å². The number of piperidine rings is 1. The molecule has 1 aromatic carbocycles. The molecule has 0 bridgehead atoms. The number of ether oxygens (including phenoxy) is 3. The number of benzene rings is 1. The maximum absolute atomic E-state index is 14.0. The van der Waals surface area contributed by atoms with Gasteiger partial charge < -0.3 is 35.1 Å². The molecule has 0 aliphatic carbocycles. The second-order valence-electron chi connectivity index (χ2n) is 9.61. The van der Waals surface area contributed by atoms with Crippen LogP contribution < -0.4 is 16.0 Å². The first kappa shape index (κ1) is 28.1. The van der Waals surface area contributed by atoms with Gasteiger partial charge in [0, 0.05) is 51.4 Å². The van der Waals surface area contributed by atoms with Gasteiger partial charge in [-0.25, -0.2) is 14.0 Å². The number of alkyl carbamates (subject to hydrolysis) is 1. The smallest absolute Gasteiger partial charge is 0.406 e. The number of amides is 3. The summed E-state index contributed by atoms with van der Waals surface area (Å²) in [5.41, 5.74) is 0.730. The van der Waals surface area contributed by atoms with E-state index in [0.29, 0.717) is 25.6 Å². The Morgan fingerprint density at radius 1 is 1.25 bits per heavy atom. The van der Waals surface area contributed by atoms with Crippen LogP contribution in [0.4, 0.5) is 14.0 Å². The molecule has 202 valence electrons. The van der Waals surface area contributed by atoms with Crippen LogP contribution in [-0.2, 0) is 14.2 Å². The van der Waals surface area contributed by atoms with E-state index in [1.807, 2.05) is 18.0 Å². The number of carbonyl (C=O) groups excluding carboxylic acids is 2. The van der Waals surface area contributed by atoms with Crippen molar-refractivity contribution in [3.8, 4) is 0 Å². The zero-order valence-electron chi connectivity index (χ0n) is 21.5.